The number of carbonyl (C=O) groups is 2. The SMILES string of the molecule is Cc1cccc(C(=O)N2CC[C@@H](Cc3cccc(C(N)=O)c3)C2)n1. The summed E-state index contributed by atoms with van der Waals surface area (Å²) < 4.78 is 0. The summed E-state index contributed by atoms with van der Waals surface area (Å²) in [5, 5.41) is 0. The Labute approximate surface area is 141 Å². The van der Waals surface area contributed by atoms with E-state index in [0.29, 0.717) is 17.2 Å². The molecule has 0 aliphatic carbocycles. The van der Waals surface area contributed by atoms with Crippen LogP contribution in [0, 0.1) is 12.8 Å². The molecule has 1 aromatic heterocycles. The molecule has 0 radical (unpaired) electrons. The van der Waals surface area contributed by atoms with E-state index in [1.54, 1.807) is 12.1 Å². The number of pyridine rings is 1. The van der Waals surface area contributed by atoms with Crippen molar-refractivity contribution in [1.82, 2.24) is 9.88 Å². The van der Waals surface area contributed by atoms with E-state index in [9.17, 15) is 9.59 Å². The van der Waals surface area contributed by atoms with Crippen molar-refractivity contribution >= 4 is 11.8 Å². The molecule has 0 spiro atoms. The molecule has 1 fully saturated rings. The second kappa shape index (κ2) is 6.83. The molecule has 1 aliphatic heterocycles. The highest BCUT2D eigenvalue weighted by atomic mass is 16.2. The molecule has 1 atom stereocenters. The smallest absolute Gasteiger partial charge is 0.272 e. The quantitative estimate of drug-likeness (QED) is 0.937. The molecule has 1 aliphatic rings. The molecule has 2 N–H and O–H groups in total. The van der Waals surface area contributed by atoms with Gasteiger partial charge in [0.1, 0.15) is 5.69 Å². The van der Waals surface area contributed by atoms with Crippen LogP contribution in [0.2, 0.25) is 0 Å². The van der Waals surface area contributed by atoms with Crippen LogP contribution in [0.25, 0.3) is 0 Å². The van der Waals surface area contributed by atoms with Crippen LogP contribution >= 0.6 is 0 Å². The fourth-order valence-corrected chi connectivity index (χ4v) is 3.19. The van der Waals surface area contributed by atoms with Crippen molar-refractivity contribution < 1.29 is 9.59 Å². The number of nitrogens with zero attached hydrogens (tertiary/aromatic N) is 2. The van der Waals surface area contributed by atoms with Gasteiger partial charge in [0.25, 0.3) is 5.91 Å². The minimum absolute atomic E-state index is 0.00733. The van der Waals surface area contributed by atoms with Crippen LogP contribution in [-0.2, 0) is 6.42 Å². The van der Waals surface area contributed by atoms with Gasteiger partial charge < -0.3 is 10.6 Å². The summed E-state index contributed by atoms with van der Waals surface area (Å²) in [5.41, 5.74) is 8.30. The Morgan fingerprint density at radius 2 is 2.04 bits per heavy atom. The summed E-state index contributed by atoms with van der Waals surface area (Å²) >= 11 is 0. The Balaban J connectivity index is 1.64. The fraction of sp³-hybridized carbons (Fsp3) is 0.316. The predicted octanol–water partition coefficient (Wildman–Crippen LogP) is 2.19. The van der Waals surface area contributed by atoms with E-state index < -0.39 is 5.91 Å². The van der Waals surface area contributed by atoms with Crippen molar-refractivity contribution in [3.63, 3.8) is 0 Å². The molecule has 0 unspecified atom stereocenters. The van der Waals surface area contributed by atoms with Crippen molar-refractivity contribution in [2.24, 2.45) is 11.7 Å². The second-order valence-electron chi connectivity index (χ2n) is 6.34. The molecule has 3 rings (SSSR count). The summed E-state index contributed by atoms with van der Waals surface area (Å²) in [6.45, 7) is 3.35. The van der Waals surface area contributed by atoms with Gasteiger partial charge in [-0.2, -0.15) is 0 Å². The average Bonchev–Trinajstić information content (AvgIpc) is 3.03. The van der Waals surface area contributed by atoms with E-state index in [1.807, 2.05) is 42.2 Å². The zero-order chi connectivity index (χ0) is 17.1. The monoisotopic (exact) mass is 323 g/mol. The molecule has 0 bridgehead atoms. The first-order chi connectivity index (χ1) is 11.5. The number of aromatic nitrogens is 1. The first-order valence-electron chi connectivity index (χ1n) is 8.14. The van der Waals surface area contributed by atoms with Gasteiger partial charge in [-0.05, 0) is 55.5 Å². The number of benzene rings is 1. The molecule has 2 amide bonds. The second-order valence-corrected chi connectivity index (χ2v) is 6.34. The standard InChI is InChI=1S/C19H21N3O2/c1-13-4-2-7-17(21-13)19(24)22-9-8-15(12-22)10-14-5-3-6-16(11-14)18(20)23/h2-7,11,15H,8-10,12H2,1H3,(H2,20,23)/t15-/m0/s1. The number of nitrogens with two attached hydrogens (primary N) is 1. The molecular formula is C19H21N3O2. The van der Waals surface area contributed by atoms with E-state index in [1.165, 1.54) is 0 Å². The Bertz CT molecular complexity index is 773. The molecule has 5 heteroatoms. The highest BCUT2D eigenvalue weighted by Crippen LogP contribution is 2.22. The summed E-state index contributed by atoms with van der Waals surface area (Å²) in [4.78, 5) is 30.0. The van der Waals surface area contributed by atoms with Gasteiger partial charge in [0.05, 0.1) is 0 Å². The van der Waals surface area contributed by atoms with E-state index in [2.05, 4.69) is 4.98 Å². The maximum absolute atomic E-state index is 12.5. The average molecular weight is 323 g/mol. The third kappa shape index (κ3) is 3.62. The van der Waals surface area contributed by atoms with Gasteiger partial charge in [0.15, 0.2) is 0 Å². The van der Waals surface area contributed by atoms with E-state index >= 15 is 0 Å². The van der Waals surface area contributed by atoms with Gasteiger partial charge in [0, 0.05) is 24.3 Å². The summed E-state index contributed by atoms with van der Waals surface area (Å²) in [6, 6.07) is 12.9. The number of carbonyl (C=O) groups excluding carboxylic acids is 2. The van der Waals surface area contributed by atoms with Gasteiger partial charge in [0.2, 0.25) is 5.91 Å². The van der Waals surface area contributed by atoms with Crippen molar-refractivity contribution in [2.75, 3.05) is 13.1 Å². The highest BCUT2D eigenvalue weighted by Gasteiger charge is 2.27. The van der Waals surface area contributed by atoms with Crippen LogP contribution in [-0.4, -0.2) is 34.8 Å². The lowest BCUT2D eigenvalue weighted by Crippen LogP contribution is -2.29. The normalized spacial score (nSPS) is 17.0. The molecule has 124 valence electrons. The third-order valence-electron chi connectivity index (χ3n) is 4.42. The number of amides is 2. The first-order valence-corrected chi connectivity index (χ1v) is 8.14. The van der Waals surface area contributed by atoms with Crippen LogP contribution in [0.3, 0.4) is 0 Å². The number of likely N-dealkylation sites (tertiary alicyclic amines) is 1. The van der Waals surface area contributed by atoms with Gasteiger partial charge in [-0.1, -0.05) is 18.2 Å². The Morgan fingerprint density at radius 3 is 2.79 bits per heavy atom. The van der Waals surface area contributed by atoms with E-state index in [-0.39, 0.29) is 5.91 Å². The van der Waals surface area contributed by atoms with Gasteiger partial charge in [-0.15, -0.1) is 0 Å². The number of primary amides is 1. The molecule has 2 heterocycles. The lowest BCUT2D eigenvalue weighted by atomic mass is 9.97. The maximum atomic E-state index is 12.5. The van der Waals surface area contributed by atoms with E-state index in [0.717, 1.165) is 37.2 Å². The molecule has 24 heavy (non-hydrogen) atoms. The lowest BCUT2D eigenvalue weighted by molar-refractivity contribution is 0.0781. The van der Waals surface area contributed by atoms with Crippen molar-refractivity contribution in [2.45, 2.75) is 19.8 Å². The van der Waals surface area contributed by atoms with Crippen LogP contribution in [0.4, 0.5) is 0 Å². The van der Waals surface area contributed by atoms with Crippen molar-refractivity contribution in [1.29, 1.82) is 0 Å². The minimum atomic E-state index is -0.411. The van der Waals surface area contributed by atoms with Crippen LogP contribution in [0.1, 0.15) is 38.5 Å². The Kier molecular flexibility index (Phi) is 4.60. The zero-order valence-electron chi connectivity index (χ0n) is 13.7. The maximum Gasteiger partial charge on any atom is 0.272 e. The van der Waals surface area contributed by atoms with Crippen LogP contribution in [0.15, 0.2) is 42.5 Å². The number of hydrogen-bond donors (Lipinski definition) is 1. The predicted molar refractivity (Wildman–Crippen MR) is 91.6 cm³/mol. The lowest BCUT2D eigenvalue weighted by Gasteiger charge is -2.16. The largest absolute Gasteiger partial charge is 0.366 e. The van der Waals surface area contributed by atoms with Gasteiger partial charge in [-0.25, -0.2) is 4.98 Å². The third-order valence-corrected chi connectivity index (χ3v) is 4.42. The summed E-state index contributed by atoms with van der Waals surface area (Å²) in [6.07, 6.45) is 1.80. The number of aryl methyl sites for hydroxylation is 1. The highest BCUT2D eigenvalue weighted by molar-refractivity contribution is 5.93. The fourth-order valence-electron chi connectivity index (χ4n) is 3.19. The van der Waals surface area contributed by atoms with E-state index in [4.69, 9.17) is 5.73 Å². The van der Waals surface area contributed by atoms with Crippen molar-refractivity contribution in [3.8, 4) is 0 Å². The molecule has 1 saturated heterocycles. The molecule has 5 nitrogen and oxygen atoms in total. The summed E-state index contributed by atoms with van der Waals surface area (Å²) in [7, 11) is 0. The number of hydrogen-bond acceptors (Lipinski definition) is 3. The minimum Gasteiger partial charge on any atom is -0.366 e. The van der Waals surface area contributed by atoms with Crippen LogP contribution in [0.5, 0.6) is 0 Å². The molecular weight excluding hydrogens is 302 g/mol. The molecule has 0 saturated carbocycles. The van der Waals surface area contributed by atoms with Crippen molar-refractivity contribution in [3.05, 3.63) is 65.0 Å². The van der Waals surface area contributed by atoms with Crippen LogP contribution < -0.4 is 5.73 Å². The number of rotatable bonds is 4. The Morgan fingerprint density at radius 1 is 1.25 bits per heavy atom. The van der Waals surface area contributed by atoms with Gasteiger partial charge >= 0.3 is 0 Å². The Hall–Kier alpha value is -2.69. The molecule has 2 aromatic rings. The first kappa shape index (κ1) is 16.2. The summed E-state index contributed by atoms with van der Waals surface area (Å²) in [5.74, 6) is -0.0282. The topological polar surface area (TPSA) is 76.3 Å². The molecule has 1 aromatic carbocycles. The van der Waals surface area contributed by atoms with Gasteiger partial charge in [-0.3, -0.25) is 9.59 Å². The zero-order valence-corrected chi connectivity index (χ0v) is 13.7.